The summed E-state index contributed by atoms with van der Waals surface area (Å²) in [6.45, 7) is 2.35. The summed E-state index contributed by atoms with van der Waals surface area (Å²) in [7, 11) is 0. The van der Waals surface area contributed by atoms with Crippen LogP contribution in [0.1, 0.15) is 83.2 Å². The molecule has 1 aliphatic heterocycles. The topological polar surface area (TPSA) is 173 Å². The van der Waals surface area contributed by atoms with Crippen molar-refractivity contribution >= 4 is 23.5 Å². The number of rotatable bonds is 10. The fourth-order valence-electron chi connectivity index (χ4n) is 5.30. The van der Waals surface area contributed by atoms with E-state index in [0.717, 1.165) is 29.0 Å². The first-order valence-corrected chi connectivity index (χ1v) is 14.2. The van der Waals surface area contributed by atoms with Crippen molar-refractivity contribution in [3.63, 3.8) is 0 Å². The molecular weight excluding hydrogens is 532 g/mol. The molecule has 3 aromatic rings. The van der Waals surface area contributed by atoms with Crippen molar-refractivity contribution < 1.29 is 14.4 Å². The lowest BCUT2D eigenvalue weighted by Crippen LogP contribution is -2.34. The van der Waals surface area contributed by atoms with Crippen LogP contribution in [0.5, 0.6) is 0 Å². The number of aromatic nitrogens is 3. The van der Waals surface area contributed by atoms with Crippen LogP contribution in [-0.2, 0) is 4.79 Å². The number of hydrogen-bond donors (Lipinski definition) is 3. The first-order valence-electron chi connectivity index (χ1n) is 14.2. The fourth-order valence-corrected chi connectivity index (χ4v) is 5.30. The minimum Gasteiger partial charge on any atom is -0.364 e. The molecule has 0 spiro atoms. The summed E-state index contributed by atoms with van der Waals surface area (Å²) in [5, 5.41) is 12.5. The minimum atomic E-state index is -0.775. The summed E-state index contributed by atoms with van der Waals surface area (Å²) in [5.41, 5.74) is 7.96. The summed E-state index contributed by atoms with van der Waals surface area (Å²) in [6, 6.07) is 11.6. The molecule has 11 nitrogen and oxygen atoms in total. The molecule has 5 N–H and O–H groups in total. The molecular formula is C31H34N8O3. The van der Waals surface area contributed by atoms with E-state index in [4.69, 9.17) is 11.6 Å². The number of nitrogens with zero attached hydrogens (tertiary/aromatic N) is 5. The SMILES string of the molecule is Cc1ccc(NC(=O)c2ccc(-c3nc(C4CCCN4C(=O)/C(C#N)=C/CCCC4CC4)n(N)c3C(N)=O)cc2)nc1. The monoisotopic (exact) mass is 566 g/mol. The first kappa shape index (κ1) is 28.5. The summed E-state index contributed by atoms with van der Waals surface area (Å²) in [4.78, 5) is 49.1. The Balaban J connectivity index is 1.36. The van der Waals surface area contributed by atoms with Crippen LogP contribution in [-0.4, -0.2) is 43.8 Å². The zero-order valence-electron chi connectivity index (χ0n) is 23.5. The normalized spacial score (nSPS) is 16.7. The van der Waals surface area contributed by atoms with Crippen LogP contribution in [0.25, 0.3) is 11.3 Å². The second-order valence-corrected chi connectivity index (χ2v) is 10.9. The van der Waals surface area contributed by atoms with Gasteiger partial charge in [-0.2, -0.15) is 5.26 Å². The van der Waals surface area contributed by atoms with Gasteiger partial charge < -0.3 is 21.8 Å². The van der Waals surface area contributed by atoms with Gasteiger partial charge >= 0.3 is 0 Å². The highest BCUT2D eigenvalue weighted by Crippen LogP contribution is 2.36. The maximum Gasteiger partial charge on any atom is 0.269 e. The third kappa shape index (κ3) is 6.17. The van der Waals surface area contributed by atoms with Crippen LogP contribution in [0.3, 0.4) is 0 Å². The maximum atomic E-state index is 13.4. The number of primary amides is 1. The number of hydrogen-bond acceptors (Lipinski definition) is 7. The number of allylic oxidation sites excluding steroid dienone is 1. The number of carbonyl (C=O) groups excluding carboxylic acids is 3. The van der Waals surface area contributed by atoms with Crippen molar-refractivity contribution in [2.24, 2.45) is 11.7 Å². The molecule has 2 aromatic heterocycles. The van der Waals surface area contributed by atoms with Crippen molar-refractivity contribution in [1.82, 2.24) is 19.5 Å². The number of nitrogen functional groups attached to an aromatic ring is 1. The summed E-state index contributed by atoms with van der Waals surface area (Å²) in [6.07, 6.45) is 9.96. The van der Waals surface area contributed by atoms with E-state index in [2.05, 4.69) is 21.4 Å². The summed E-state index contributed by atoms with van der Waals surface area (Å²) < 4.78 is 1.14. The molecule has 1 atom stereocenters. The fraction of sp³-hybridized carbons (Fsp3) is 0.355. The predicted molar refractivity (Wildman–Crippen MR) is 157 cm³/mol. The van der Waals surface area contributed by atoms with E-state index < -0.39 is 11.9 Å². The molecule has 1 saturated heterocycles. The van der Waals surface area contributed by atoms with Gasteiger partial charge in [-0.05, 0) is 62.3 Å². The molecule has 1 unspecified atom stereocenters. The standard InChI is InChI=1S/C31H34N8O3/c1-19-8-15-25(35-18-19)36-30(41)22-13-11-21(12-14-22)26-27(28(33)40)39(34)29(37-26)24-7-4-16-38(24)31(42)23(17-32)6-3-2-5-20-9-10-20/h6,8,11-15,18,20,24H,2-5,7,9-10,16,34H2,1H3,(H2,33,40)(H,35,36,41)/b23-6+. The van der Waals surface area contributed by atoms with Gasteiger partial charge in [0, 0.05) is 23.9 Å². The molecule has 3 amide bonds. The maximum absolute atomic E-state index is 13.4. The first-order chi connectivity index (χ1) is 20.3. The highest BCUT2D eigenvalue weighted by Gasteiger charge is 2.36. The number of nitrogens with one attached hydrogen (secondary N) is 1. The van der Waals surface area contributed by atoms with Crippen molar-refractivity contribution in [3.05, 3.63) is 76.9 Å². The van der Waals surface area contributed by atoms with Gasteiger partial charge in [0.15, 0.2) is 11.5 Å². The smallest absolute Gasteiger partial charge is 0.269 e. The largest absolute Gasteiger partial charge is 0.364 e. The Morgan fingerprint density at radius 2 is 1.90 bits per heavy atom. The molecule has 0 radical (unpaired) electrons. The molecule has 0 bridgehead atoms. The van der Waals surface area contributed by atoms with Crippen LogP contribution in [0.15, 0.2) is 54.2 Å². The summed E-state index contributed by atoms with van der Waals surface area (Å²) >= 11 is 0. The number of benzene rings is 1. The molecule has 1 aromatic carbocycles. The average molecular weight is 567 g/mol. The molecule has 216 valence electrons. The molecule has 5 rings (SSSR count). The number of anilines is 1. The molecule has 1 aliphatic carbocycles. The van der Waals surface area contributed by atoms with Gasteiger partial charge in [0.1, 0.15) is 23.2 Å². The molecule has 1 saturated carbocycles. The Bertz CT molecular complexity index is 1560. The van der Waals surface area contributed by atoms with Crippen molar-refractivity contribution in [2.45, 2.75) is 57.9 Å². The number of pyridine rings is 1. The second kappa shape index (κ2) is 12.3. The van der Waals surface area contributed by atoms with E-state index in [9.17, 15) is 19.6 Å². The number of carbonyl (C=O) groups is 3. The Hall–Kier alpha value is -4.98. The molecule has 2 aliphatic rings. The number of likely N-dealkylation sites (tertiary alicyclic amines) is 1. The lowest BCUT2D eigenvalue weighted by Gasteiger charge is -2.24. The predicted octanol–water partition coefficient (Wildman–Crippen LogP) is 4.01. The van der Waals surface area contributed by atoms with Crippen LogP contribution in [0.2, 0.25) is 0 Å². The zero-order chi connectivity index (χ0) is 29.8. The minimum absolute atomic E-state index is 0.0125. The van der Waals surface area contributed by atoms with Gasteiger partial charge in [-0.15, -0.1) is 0 Å². The van der Waals surface area contributed by atoms with E-state index in [1.807, 2.05) is 13.0 Å². The van der Waals surface area contributed by atoms with E-state index in [1.165, 1.54) is 12.8 Å². The van der Waals surface area contributed by atoms with Gasteiger partial charge in [-0.3, -0.25) is 14.4 Å². The Morgan fingerprint density at radius 1 is 1.14 bits per heavy atom. The Morgan fingerprint density at radius 3 is 2.55 bits per heavy atom. The van der Waals surface area contributed by atoms with Crippen molar-refractivity contribution in [1.29, 1.82) is 5.26 Å². The van der Waals surface area contributed by atoms with Crippen LogP contribution >= 0.6 is 0 Å². The van der Waals surface area contributed by atoms with Crippen LogP contribution in [0.4, 0.5) is 5.82 Å². The third-order valence-electron chi connectivity index (χ3n) is 7.77. The van der Waals surface area contributed by atoms with Gasteiger partial charge in [-0.25, -0.2) is 14.6 Å². The van der Waals surface area contributed by atoms with E-state index in [1.54, 1.807) is 47.5 Å². The van der Waals surface area contributed by atoms with Crippen LogP contribution in [0, 0.1) is 24.2 Å². The second-order valence-electron chi connectivity index (χ2n) is 10.9. The number of imidazole rings is 1. The van der Waals surface area contributed by atoms with Gasteiger partial charge in [0.05, 0.1) is 6.04 Å². The lowest BCUT2D eigenvalue weighted by atomic mass is 10.1. The van der Waals surface area contributed by atoms with Crippen molar-refractivity contribution in [3.8, 4) is 17.3 Å². The highest BCUT2D eigenvalue weighted by molar-refractivity contribution is 6.04. The number of nitriles is 1. The number of unbranched alkanes of at least 4 members (excludes halogenated alkanes) is 1. The molecule has 3 heterocycles. The van der Waals surface area contributed by atoms with Gasteiger partial charge in [-0.1, -0.05) is 43.5 Å². The zero-order valence-corrected chi connectivity index (χ0v) is 23.5. The Labute approximate surface area is 244 Å². The van der Waals surface area contributed by atoms with Crippen LogP contribution < -0.4 is 16.9 Å². The van der Waals surface area contributed by atoms with Gasteiger partial charge in [0.2, 0.25) is 0 Å². The molecule has 42 heavy (non-hydrogen) atoms. The number of amides is 3. The molecule has 2 fully saturated rings. The van der Waals surface area contributed by atoms with E-state index in [0.29, 0.717) is 48.6 Å². The third-order valence-corrected chi connectivity index (χ3v) is 7.77. The molecule has 11 heteroatoms. The quantitative estimate of drug-likeness (QED) is 0.144. The van der Waals surface area contributed by atoms with Crippen molar-refractivity contribution in [2.75, 3.05) is 17.7 Å². The number of aryl methyl sites for hydroxylation is 1. The van der Waals surface area contributed by atoms with E-state index >= 15 is 0 Å². The van der Waals surface area contributed by atoms with E-state index in [-0.39, 0.29) is 28.8 Å². The average Bonchev–Trinajstić information content (AvgIpc) is 3.56. The number of nitrogens with two attached hydrogens (primary N) is 2. The van der Waals surface area contributed by atoms with Gasteiger partial charge in [0.25, 0.3) is 17.7 Å². The lowest BCUT2D eigenvalue weighted by molar-refractivity contribution is -0.127. The summed E-state index contributed by atoms with van der Waals surface area (Å²) in [5.74, 6) is 6.42. The highest BCUT2D eigenvalue weighted by atomic mass is 16.2. The Kier molecular flexibility index (Phi) is 8.33.